The second-order valence-corrected chi connectivity index (χ2v) is 6.29. The van der Waals surface area contributed by atoms with Crippen LogP contribution in [0.4, 0.5) is 0 Å². The van der Waals surface area contributed by atoms with Crippen molar-refractivity contribution >= 4 is 8.80 Å². The Kier molecular flexibility index (Phi) is 5.47. The second-order valence-electron chi connectivity index (χ2n) is 3.20. The third-order valence-electron chi connectivity index (χ3n) is 2.36. The van der Waals surface area contributed by atoms with E-state index >= 15 is 0 Å². The lowest BCUT2D eigenvalue weighted by Crippen LogP contribution is -2.42. The Morgan fingerprint density at radius 1 is 1.06 bits per heavy atom. The smallest absolute Gasteiger partial charge is 0.377 e. The summed E-state index contributed by atoms with van der Waals surface area (Å²) in [6.45, 7) is 0. The van der Waals surface area contributed by atoms with Gasteiger partial charge < -0.3 is 13.3 Å². The lowest BCUT2D eigenvalue weighted by Gasteiger charge is -2.23. The zero-order valence-corrected chi connectivity index (χ0v) is 10.8. The van der Waals surface area contributed by atoms with Crippen molar-refractivity contribution in [2.45, 2.75) is 18.9 Å². The third kappa shape index (κ3) is 3.60. The molecule has 0 radical (unpaired) electrons. The van der Waals surface area contributed by atoms with Crippen molar-refractivity contribution in [2.75, 3.05) is 21.3 Å². The number of hydrogen-bond donors (Lipinski definition) is 0. The van der Waals surface area contributed by atoms with Crippen LogP contribution < -0.4 is 0 Å². The van der Waals surface area contributed by atoms with E-state index in [-0.39, 0.29) is 0 Å². The van der Waals surface area contributed by atoms with E-state index in [2.05, 4.69) is 15.0 Å². The Balaban J connectivity index is 2.39. The monoisotopic (exact) mass is 243 g/mol. The predicted molar refractivity (Wildman–Crippen MR) is 59.7 cm³/mol. The maximum absolute atomic E-state index is 5.32. The van der Waals surface area contributed by atoms with Gasteiger partial charge in [0.2, 0.25) is 0 Å². The topological polar surface area (TPSA) is 66.4 Å². The van der Waals surface area contributed by atoms with Crippen LogP contribution in [0.15, 0.2) is 12.7 Å². The van der Waals surface area contributed by atoms with Gasteiger partial charge in [0, 0.05) is 33.8 Å². The fourth-order valence-electron chi connectivity index (χ4n) is 1.41. The van der Waals surface area contributed by atoms with E-state index in [1.807, 2.05) is 0 Å². The quantitative estimate of drug-likeness (QED) is 0.656. The van der Waals surface area contributed by atoms with Crippen LogP contribution in [0.25, 0.3) is 0 Å². The average Bonchev–Trinajstić information content (AvgIpc) is 2.37. The molecule has 16 heavy (non-hydrogen) atoms. The maximum atomic E-state index is 5.32. The van der Waals surface area contributed by atoms with Gasteiger partial charge in [-0.15, -0.1) is 0 Å². The van der Waals surface area contributed by atoms with E-state index in [1.54, 1.807) is 21.3 Å². The van der Waals surface area contributed by atoms with E-state index in [0.717, 1.165) is 24.7 Å². The molecule has 0 saturated carbocycles. The number of rotatable bonds is 7. The van der Waals surface area contributed by atoms with Crippen molar-refractivity contribution in [2.24, 2.45) is 0 Å². The highest BCUT2D eigenvalue weighted by molar-refractivity contribution is 6.60. The first kappa shape index (κ1) is 13.2. The molecule has 90 valence electrons. The van der Waals surface area contributed by atoms with Crippen LogP contribution >= 0.6 is 0 Å². The number of aryl methyl sites for hydroxylation is 1. The molecule has 1 heterocycles. The molecule has 0 aliphatic rings. The van der Waals surface area contributed by atoms with Crippen molar-refractivity contribution in [1.82, 2.24) is 15.0 Å². The van der Waals surface area contributed by atoms with E-state index in [9.17, 15) is 0 Å². The maximum Gasteiger partial charge on any atom is 0.500 e. The van der Waals surface area contributed by atoms with Gasteiger partial charge in [-0.2, -0.15) is 0 Å². The predicted octanol–water partition coefficient (Wildman–Crippen LogP) is 0.682. The number of hydrogen-bond acceptors (Lipinski definition) is 6. The van der Waals surface area contributed by atoms with Gasteiger partial charge >= 0.3 is 8.80 Å². The van der Waals surface area contributed by atoms with Crippen LogP contribution in [0.1, 0.15) is 12.2 Å². The Hall–Kier alpha value is -0.893. The van der Waals surface area contributed by atoms with Crippen molar-refractivity contribution in [3.63, 3.8) is 0 Å². The Morgan fingerprint density at radius 3 is 2.12 bits per heavy atom. The SMILES string of the molecule is CO[Si](CCCc1ncncn1)(OC)OC. The van der Waals surface area contributed by atoms with E-state index < -0.39 is 8.80 Å². The van der Waals surface area contributed by atoms with Crippen molar-refractivity contribution in [3.8, 4) is 0 Å². The molecule has 0 amide bonds. The van der Waals surface area contributed by atoms with Crippen LogP contribution in [0.5, 0.6) is 0 Å². The van der Waals surface area contributed by atoms with Crippen molar-refractivity contribution in [3.05, 3.63) is 18.5 Å². The summed E-state index contributed by atoms with van der Waals surface area (Å²) < 4.78 is 15.9. The molecule has 0 unspecified atom stereocenters. The third-order valence-corrected chi connectivity index (χ3v) is 5.20. The molecule has 0 N–H and O–H groups in total. The van der Waals surface area contributed by atoms with Crippen LogP contribution in [0, 0.1) is 0 Å². The molecule has 1 rings (SSSR count). The molecule has 1 aromatic heterocycles. The minimum atomic E-state index is -2.44. The Bertz CT molecular complexity index is 287. The molecule has 0 aliphatic carbocycles. The van der Waals surface area contributed by atoms with E-state index in [0.29, 0.717) is 0 Å². The summed E-state index contributed by atoms with van der Waals surface area (Å²) in [7, 11) is 2.40. The molecular weight excluding hydrogens is 226 g/mol. The van der Waals surface area contributed by atoms with Gasteiger partial charge in [-0.3, -0.25) is 0 Å². The average molecular weight is 243 g/mol. The highest BCUT2D eigenvalue weighted by atomic mass is 28.4. The van der Waals surface area contributed by atoms with Gasteiger partial charge in [0.15, 0.2) is 0 Å². The number of nitrogens with zero attached hydrogens (tertiary/aromatic N) is 3. The lowest BCUT2D eigenvalue weighted by molar-refractivity contribution is 0.123. The van der Waals surface area contributed by atoms with Crippen LogP contribution in [0.3, 0.4) is 0 Å². The molecule has 0 fully saturated rings. The first-order chi connectivity index (χ1) is 7.76. The lowest BCUT2D eigenvalue weighted by atomic mass is 10.3. The normalized spacial score (nSPS) is 11.7. The molecule has 0 atom stereocenters. The van der Waals surface area contributed by atoms with Crippen LogP contribution in [-0.2, 0) is 19.7 Å². The molecule has 0 aromatic carbocycles. The van der Waals surface area contributed by atoms with Gasteiger partial charge in [0.1, 0.15) is 18.5 Å². The number of aromatic nitrogens is 3. The van der Waals surface area contributed by atoms with Gasteiger partial charge in [-0.25, -0.2) is 15.0 Å². The minimum Gasteiger partial charge on any atom is -0.377 e. The van der Waals surface area contributed by atoms with Gasteiger partial charge in [0.05, 0.1) is 0 Å². The molecule has 1 aromatic rings. The van der Waals surface area contributed by atoms with E-state index in [4.69, 9.17) is 13.3 Å². The molecule has 7 heteroatoms. The standard InChI is InChI=1S/C9H17N3O3Si/c1-13-16(14-2,15-3)6-4-5-9-11-7-10-8-12-9/h7-8H,4-6H2,1-3H3. The summed E-state index contributed by atoms with van der Waals surface area (Å²) in [5.74, 6) is 0.779. The zero-order chi connectivity index (χ0) is 11.9. The molecule has 6 nitrogen and oxygen atoms in total. The van der Waals surface area contributed by atoms with Crippen LogP contribution in [0.2, 0.25) is 6.04 Å². The highest BCUT2D eigenvalue weighted by Gasteiger charge is 2.36. The van der Waals surface area contributed by atoms with Crippen molar-refractivity contribution < 1.29 is 13.3 Å². The van der Waals surface area contributed by atoms with Gasteiger partial charge in [0.25, 0.3) is 0 Å². The van der Waals surface area contributed by atoms with Gasteiger partial charge in [-0.1, -0.05) is 0 Å². The van der Waals surface area contributed by atoms with Crippen LogP contribution in [-0.4, -0.2) is 45.1 Å². The summed E-state index contributed by atoms with van der Waals surface area (Å²) in [6.07, 6.45) is 4.63. The summed E-state index contributed by atoms with van der Waals surface area (Å²) in [5, 5.41) is 0. The minimum absolute atomic E-state index is 0.752. The molecule has 0 spiro atoms. The van der Waals surface area contributed by atoms with E-state index in [1.165, 1.54) is 12.7 Å². The highest BCUT2D eigenvalue weighted by Crippen LogP contribution is 2.15. The molecule has 0 saturated heterocycles. The second kappa shape index (κ2) is 6.64. The zero-order valence-electron chi connectivity index (χ0n) is 9.84. The Morgan fingerprint density at radius 2 is 1.62 bits per heavy atom. The summed E-state index contributed by atoms with van der Waals surface area (Å²) in [5.41, 5.74) is 0. The molecule has 0 aliphatic heterocycles. The summed E-state index contributed by atoms with van der Waals surface area (Å²) in [6, 6.07) is 0.752. The fraction of sp³-hybridized carbons (Fsp3) is 0.667. The molecular formula is C9H17N3O3Si. The largest absolute Gasteiger partial charge is 0.500 e. The Labute approximate surface area is 96.4 Å². The van der Waals surface area contributed by atoms with Crippen molar-refractivity contribution in [1.29, 1.82) is 0 Å². The molecule has 0 bridgehead atoms. The fourth-order valence-corrected chi connectivity index (χ4v) is 3.13. The first-order valence-electron chi connectivity index (χ1n) is 5.02. The first-order valence-corrected chi connectivity index (χ1v) is 6.96. The van der Waals surface area contributed by atoms with Gasteiger partial charge in [-0.05, 0) is 6.42 Å². The summed E-state index contributed by atoms with van der Waals surface area (Å²) in [4.78, 5) is 11.9. The summed E-state index contributed by atoms with van der Waals surface area (Å²) >= 11 is 0.